The normalized spacial score (nSPS) is 12.2. The highest BCUT2D eigenvalue weighted by atomic mass is 35.5. The fourth-order valence-electron chi connectivity index (χ4n) is 1.57. The molecule has 1 unspecified atom stereocenters. The number of nitrogens with two attached hydrogens (primary N) is 1. The Morgan fingerprint density at radius 2 is 1.88 bits per heavy atom. The van der Waals surface area contributed by atoms with Gasteiger partial charge in [0.2, 0.25) is 0 Å². The van der Waals surface area contributed by atoms with E-state index in [0.717, 1.165) is 34.6 Å². The van der Waals surface area contributed by atoms with E-state index in [1.165, 1.54) is 0 Å². The van der Waals surface area contributed by atoms with E-state index in [1.54, 1.807) is 0 Å². The molecule has 2 heteroatoms. The Balaban J connectivity index is 2.78. The van der Waals surface area contributed by atoms with Gasteiger partial charge < -0.3 is 5.73 Å². The standard InChI is InChI=1S/C14H18ClN/c1-4-5-10(2)14(16)11(3)12-6-8-13(15)9-7-12/h6-9,14H,2-5,16H2,1H3. The van der Waals surface area contributed by atoms with E-state index in [-0.39, 0.29) is 6.04 Å². The molecule has 0 aliphatic rings. The van der Waals surface area contributed by atoms with Crippen molar-refractivity contribution in [3.8, 4) is 0 Å². The third-order valence-corrected chi connectivity index (χ3v) is 2.85. The lowest BCUT2D eigenvalue weighted by Gasteiger charge is -2.17. The second-order valence-electron chi connectivity index (χ2n) is 3.92. The smallest absolute Gasteiger partial charge is 0.0508 e. The van der Waals surface area contributed by atoms with Crippen LogP contribution < -0.4 is 5.73 Å². The summed E-state index contributed by atoms with van der Waals surface area (Å²) in [6.07, 6.45) is 1.99. The molecule has 0 aromatic heterocycles. The van der Waals surface area contributed by atoms with Crippen molar-refractivity contribution in [2.75, 3.05) is 0 Å². The summed E-state index contributed by atoms with van der Waals surface area (Å²) < 4.78 is 0. The fourth-order valence-corrected chi connectivity index (χ4v) is 1.69. The van der Waals surface area contributed by atoms with Crippen LogP contribution in [0.25, 0.3) is 5.57 Å². The number of benzene rings is 1. The van der Waals surface area contributed by atoms with Crippen molar-refractivity contribution in [1.29, 1.82) is 0 Å². The Bertz CT molecular complexity index is 378. The quantitative estimate of drug-likeness (QED) is 0.766. The highest BCUT2D eigenvalue weighted by Crippen LogP contribution is 2.22. The molecule has 2 N–H and O–H groups in total. The summed E-state index contributed by atoms with van der Waals surface area (Å²) in [5.41, 5.74) is 9.04. The summed E-state index contributed by atoms with van der Waals surface area (Å²) >= 11 is 5.83. The molecule has 0 aliphatic heterocycles. The van der Waals surface area contributed by atoms with Crippen LogP contribution in [0, 0.1) is 0 Å². The monoisotopic (exact) mass is 235 g/mol. The predicted molar refractivity (Wildman–Crippen MR) is 72.5 cm³/mol. The molecule has 1 aromatic rings. The van der Waals surface area contributed by atoms with Crippen molar-refractivity contribution in [2.45, 2.75) is 25.8 Å². The molecule has 1 aromatic carbocycles. The van der Waals surface area contributed by atoms with Crippen molar-refractivity contribution in [1.82, 2.24) is 0 Å². The largest absolute Gasteiger partial charge is 0.321 e. The van der Waals surface area contributed by atoms with Gasteiger partial charge in [0.25, 0.3) is 0 Å². The topological polar surface area (TPSA) is 26.0 Å². The van der Waals surface area contributed by atoms with Gasteiger partial charge in [-0.15, -0.1) is 0 Å². The van der Waals surface area contributed by atoms with Crippen LogP contribution in [0.15, 0.2) is 43.0 Å². The van der Waals surface area contributed by atoms with Crippen molar-refractivity contribution in [3.63, 3.8) is 0 Å². The van der Waals surface area contributed by atoms with Crippen LogP contribution in [0.1, 0.15) is 25.3 Å². The Hall–Kier alpha value is -1.05. The maximum absolute atomic E-state index is 6.08. The van der Waals surface area contributed by atoms with Crippen LogP contribution in [0.5, 0.6) is 0 Å². The van der Waals surface area contributed by atoms with Gasteiger partial charge in [0.05, 0.1) is 6.04 Å². The summed E-state index contributed by atoms with van der Waals surface area (Å²) in [7, 11) is 0. The van der Waals surface area contributed by atoms with Crippen LogP contribution in [-0.4, -0.2) is 6.04 Å². The molecule has 16 heavy (non-hydrogen) atoms. The maximum atomic E-state index is 6.08. The van der Waals surface area contributed by atoms with Crippen molar-refractivity contribution < 1.29 is 0 Å². The Morgan fingerprint density at radius 3 is 2.38 bits per heavy atom. The van der Waals surface area contributed by atoms with E-state index in [9.17, 15) is 0 Å². The van der Waals surface area contributed by atoms with E-state index in [1.807, 2.05) is 24.3 Å². The highest BCUT2D eigenvalue weighted by molar-refractivity contribution is 6.30. The second kappa shape index (κ2) is 5.88. The number of hydrogen-bond donors (Lipinski definition) is 1. The molecular weight excluding hydrogens is 218 g/mol. The second-order valence-corrected chi connectivity index (χ2v) is 4.35. The molecule has 0 saturated carbocycles. The SMILES string of the molecule is C=C(CCC)C(N)C(=C)c1ccc(Cl)cc1. The summed E-state index contributed by atoms with van der Waals surface area (Å²) in [4.78, 5) is 0. The Morgan fingerprint density at radius 1 is 1.31 bits per heavy atom. The first-order valence-electron chi connectivity index (χ1n) is 5.44. The molecule has 0 aliphatic carbocycles. The number of hydrogen-bond acceptors (Lipinski definition) is 1. The van der Waals surface area contributed by atoms with Gasteiger partial charge in [-0.3, -0.25) is 0 Å². The van der Waals surface area contributed by atoms with Crippen LogP contribution >= 0.6 is 11.6 Å². The molecule has 0 fully saturated rings. The van der Waals surface area contributed by atoms with Gasteiger partial charge in [-0.05, 0) is 29.7 Å². The Labute approximate surface area is 103 Å². The zero-order valence-electron chi connectivity index (χ0n) is 9.67. The van der Waals surface area contributed by atoms with E-state index in [0.29, 0.717) is 0 Å². The molecule has 0 saturated heterocycles. The first-order chi connectivity index (χ1) is 7.56. The number of halogens is 1. The van der Waals surface area contributed by atoms with E-state index in [2.05, 4.69) is 20.1 Å². The van der Waals surface area contributed by atoms with Gasteiger partial charge in [0.1, 0.15) is 0 Å². The van der Waals surface area contributed by atoms with Gasteiger partial charge in [-0.1, -0.05) is 55.8 Å². The predicted octanol–water partition coefficient (Wildman–Crippen LogP) is 4.04. The van der Waals surface area contributed by atoms with Gasteiger partial charge in [-0.2, -0.15) is 0 Å². The lowest BCUT2D eigenvalue weighted by Crippen LogP contribution is -2.23. The van der Waals surface area contributed by atoms with Crippen molar-refractivity contribution in [2.24, 2.45) is 5.73 Å². The van der Waals surface area contributed by atoms with Gasteiger partial charge >= 0.3 is 0 Å². The summed E-state index contributed by atoms with van der Waals surface area (Å²) in [6, 6.07) is 7.39. The third-order valence-electron chi connectivity index (χ3n) is 2.60. The molecule has 0 radical (unpaired) electrons. The molecule has 86 valence electrons. The molecule has 0 spiro atoms. The first kappa shape index (κ1) is 13.0. The van der Waals surface area contributed by atoms with Crippen LogP contribution in [0.4, 0.5) is 0 Å². The molecule has 0 bridgehead atoms. The molecule has 1 atom stereocenters. The van der Waals surface area contributed by atoms with E-state index in [4.69, 9.17) is 17.3 Å². The minimum Gasteiger partial charge on any atom is -0.321 e. The zero-order chi connectivity index (χ0) is 12.1. The minimum absolute atomic E-state index is 0.166. The third kappa shape index (κ3) is 3.22. The molecule has 0 heterocycles. The fraction of sp³-hybridized carbons (Fsp3) is 0.286. The average Bonchev–Trinajstić information content (AvgIpc) is 2.28. The first-order valence-corrected chi connectivity index (χ1v) is 5.82. The lowest BCUT2D eigenvalue weighted by atomic mass is 9.93. The molecule has 0 amide bonds. The highest BCUT2D eigenvalue weighted by Gasteiger charge is 2.11. The molecule has 1 rings (SSSR count). The number of rotatable bonds is 5. The molecule has 1 nitrogen and oxygen atoms in total. The van der Waals surface area contributed by atoms with Gasteiger partial charge in [0, 0.05) is 5.02 Å². The maximum Gasteiger partial charge on any atom is 0.0508 e. The Kier molecular flexibility index (Phi) is 4.78. The minimum atomic E-state index is -0.166. The van der Waals surface area contributed by atoms with Crippen LogP contribution in [-0.2, 0) is 0 Å². The summed E-state index contributed by atoms with van der Waals surface area (Å²) in [5.74, 6) is 0. The van der Waals surface area contributed by atoms with Crippen LogP contribution in [0.2, 0.25) is 5.02 Å². The van der Waals surface area contributed by atoms with Crippen molar-refractivity contribution >= 4 is 17.2 Å². The summed E-state index contributed by atoms with van der Waals surface area (Å²) in [6.45, 7) is 10.1. The van der Waals surface area contributed by atoms with Crippen molar-refractivity contribution in [3.05, 3.63) is 53.6 Å². The summed E-state index contributed by atoms with van der Waals surface area (Å²) in [5, 5.41) is 0.720. The van der Waals surface area contributed by atoms with E-state index >= 15 is 0 Å². The van der Waals surface area contributed by atoms with Gasteiger partial charge in [-0.25, -0.2) is 0 Å². The van der Waals surface area contributed by atoms with Gasteiger partial charge in [0.15, 0.2) is 0 Å². The average molecular weight is 236 g/mol. The molecular formula is C14H18ClN. The van der Waals surface area contributed by atoms with E-state index < -0.39 is 0 Å². The van der Waals surface area contributed by atoms with Crippen LogP contribution in [0.3, 0.4) is 0 Å². The zero-order valence-corrected chi connectivity index (χ0v) is 10.4. The lowest BCUT2D eigenvalue weighted by molar-refractivity contribution is 0.827.